The average Bonchev–Trinajstić information content (AvgIpc) is 2.36. The van der Waals surface area contributed by atoms with E-state index >= 15 is 0 Å². The summed E-state index contributed by atoms with van der Waals surface area (Å²) < 4.78 is 0.778. The van der Waals surface area contributed by atoms with Crippen molar-refractivity contribution in [1.82, 2.24) is 5.32 Å². The number of rotatable bonds is 7. The van der Waals surface area contributed by atoms with Crippen molar-refractivity contribution in [3.63, 3.8) is 0 Å². The fourth-order valence-corrected chi connectivity index (χ4v) is 2.46. The van der Waals surface area contributed by atoms with E-state index in [1.807, 2.05) is 0 Å². The van der Waals surface area contributed by atoms with Crippen LogP contribution in [-0.2, 0) is 0 Å². The van der Waals surface area contributed by atoms with Gasteiger partial charge < -0.3 is 10.4 Å². The lowest BCUT2D eigenvalue weighted by Crippen LogP contribution is -2.25. The number of benzene rings is 1. The normalized spacial score (nSPS) is 10.4. The third-order valence-corrected chi connectivity index (χ3v) is 4.46. The van der Waals surface area contributed by atoms with Gasteiger partial charge in [0.2, 0.25) is 0 Å². The highest BCUT2D eigenvalue weighted by Crippen LogP contribution is 2.23. The second-order valence-electron chi connectivity index (χ2n) is 3.57. The van der Waals surface area contributed by atoms with Crippen LogP contribution in [0.4, 0.5) is 0 Å². The number of thioether (sulfide) groups is 1. The van der Waals surface area contributed by atoms with Crippen LogP contribution in [0.5, 0.6) is 0 Å². The lowest BCUT2D eigenvalue weighted by Gasteiger charge is -2.06. The van der Waals surface area contributed by atoms with Crippen molar-refractivity contribution in [3.05, 3.63) is 33.3 Å². The van der Waals surface area contributed by atoms with Gasteiger partial charge in [-0.1, -0.05) is 11.6 Å². The van der Waals surface area contributed by atoms with Crippen LogP contribution in [0.25, 0.3) is 0 Å². The quantitative estimate of drug-likeness (QED) is 0.742. The van der Waals surface area contributed by atoms with Gasteiger partial charge in [-0.3, -0.25) is 4.79 Å². The summed E-state index contributed by atoms with van der Waals surface area (Å²) in [4.78, 5) is 11.8. The standard InChI is InChI=1S/C12H15BrClNO2S/c13-10-3-2-9(8-11(10)14)12(17)15-4-7-18-6-1-5-16/h2-3,8,16H,1,4-7H2,(H,15,17). The molecule has 0 aliphatic carbocycles. The Hall–Kier alpha value is -0.230. The van der Waals surface area contributed by atoms with E-state index in [-0.39, 0.29) is 12.5 Å². The van der Waals surface area contributed by atoms with E-state index in [9.17, 15) is 4.79 Å². The Bertz CT molecular complexity index is 404. The molecule has 100 valence electrons. The Morgan fingerprint density at radius 1 is 1.44 bits per heavy atom. The minimum absolute atomic E-state index is 0.118. The zero-order chi connectivity index (χ0) is 13.4. The Morgan fingerprint density at radius 2 is 2.22 bits per heavy atom. The molecule has 18 heavy (non-hydrogen) atoms. The van der Waals surface area contributed by atoms with Gasteiger partial charge >= 0.3 is 0 Å². The van der Waals surface area contributed by atoms with E-state index in [1.54, 1.807) is 30.0 Å². The van der Waals surface area contributed by atoms with E-state index in [0.717, 1.165) is 22.4 Å². The summed E-state index contributed by atoms with van der Waals surface area (Å²) in [7, 11) is 0. The van der Waals surface area contributed by atoms with Crippen LogP contribution in [0, 0.1) is 0 Å². The summed E-state index contributed by atoms with van der Waals surface area (Å²) in [6, 6.07) is 5.12. The molecule has 1 rings (SSSR count). The molecule has 0 heterocycles. The van der Waals surface area contributed by atoms with Gasteiger partial charge in [0.05, 0.1) is 5.02 Å². The van der Waals surface area contributed by atoms with E-state index in [0.29, 0.717) is 17.1 Å². The smallest absolute Gasteiger partial charge is 0.251 e. The van der Waals surface area contributed by atoms with Crippen molar-refractivity contribution < 1.29 is 9.90 Å². The van der Waals surface area contributed by atoms with Crippen LogP contribution in [0.15, 0.2) is 22.7 Å². The van der Waals surface area contributed by atoms with Crippen LogP contribution in [0.1, 0.15) is 16.8 Å². The van der Waals surface area contributed by atoms with Gasteiger partial charge in [0.1, 0.15) is 0 Å². The summed E-state index contributed by atoms with van der Waals surface area (Å²) in [5, 5.41) is 12.0. The molecule has 1 amide bonds. The second kappa shape index (κ2) is 8.80. The zero-order valence-electron chi connectivity index (χ0n) is 9.79. The van der Waals surface area contributed by atoms with Crippen LogP contribution in [-0.4, -0.2) is 35.7 Å². The molecule has 0 fully saturated rings. The molecule has 0 saturated heterocycles. The van der Waals surface area contributed by atoms with Gasteiger partial charge in [0, 0.05) is 28.9 Å². The third-order valence-electron chi connectivity index (χ3n) is 2.16. The maximum Gasteiger partial charge on any atom is 0.251 e. The molecule has 0 atom stereocenters. The monoisotopic (exact) mass is 351 g/mol. The molecule has 3 nitrogen and oxygen atoms in total. The van der Waals surface area contributed by atoms with Crippen molar-refractivity contribution in [2.45, 2.75) is 6.42 Å². The lowest BCUT2D eigenvalue weighted by molar-refractivity contribution is 0.0956. The number of carbonyl (C=O) groups is 1. The van der Waals surface area contributed by atoms with Crippen LogP contribution in [0.2, 0.25) is 5.02 Å². The first-order chi connectivity index (χ1) is 8.65. The SMILES string of the molecule is O=C(NCCSCCCO)c1ccc(Br)c(Cl)c1. The molecule has 2 N–H and O–H groups in total. The van der Waals surface area contributed by atoms with Gasteiger partial charge in [0.25, 0.3) is 5.91 Å². The van der Waals surface area contributed by atoms with E-state index in [2.05, 4.69) is 21.2 Å². The summed E-state index contributed by atoms with van der Waals surface area (Å²) in [5.74, 6) is 1.64. The highest BCUT2D eigenvalue weighted by molar-refractivity contribution is 9.10. The molecule has 0 aromatic heterocycles. The number of amides is 1. The molecule has 1 aromatic rings. The molecule has 0 aliphatic heterocycles. The van der Waals surface area contributed by atoms with Gasteiger partial charge in [-0.2, -0.15) is 11.8 Å². The van der Waals surface area contributed by atoms with Gasteiger partial charge in [-0.15, -0.1) is 0 Å². The zero-order valence-corrected chi connectivity index (χ0v) is 12.9. The number of nitrogens with one attached hydrogen (secondary N) is 1. The molecular formula is C12H15BrClNO2S. The average molecular weight is 353 g/mol. The largest absolute Gasteiger partial charge is 0.396 e. The van der Waals surface area contributed by atoms with Crippen molar-refractivity contribution in [2.24, 2.45) is 0 Å². The third kappa shape index (κ3) is 5.61. The summed E-state index contributed by atoms with van der Waals surface area (Å²) in [6.45, 7) is 0.833. The molecule has 0 spiro atoms. The van der Waals surface area contributed by atoms with Crippen molar-refractivity contribution >= 4 is 45.2 Å². The van der Waals surface area contributed by atoms with Crippen LogP contribution >= 0.6 is 39.3 Å². The van der Waals surface area contributed by atoms with Crippen molar-refractivity contribution in [1.29, 1.82) is 0 Å². The Labute approximate surface area is 124 Å². The Morgan fingerprint density at radius 3 is 2.89 bits per heavy atom. The summed E-state index contributed by atoms with van der Waals surface area (Å²) in [6.07, 6.45) is 0.793. The number of halogens is 2. The van der Waals surface area contributed by atoms with Crippen molar-refractivity contribution in [3.8, 4) is 0 Å². The number of aliphatic hydroxyl groups excluding tert-OH is 1. The molecule has 6 heteroatoms. The number of hydrogen-bond acceptors (Lipinski definition) is 3. The van der Waals surface area contributed by atoms with E-state index in [4.69, 9.17) is 16.7 Å². The minimum atomic E-state index is -0.118. The number of hydrogen-bond donors (Lipinski definition) is 2. The molecule has 0 saturated carbocycles. The number of carbonyl (C=O) groups excluding carboxylic acids is 1. The maximum absolute atomic E-state index is 11.8. The summed E-state index contributed by atoms with van der Waals surface area (Å²) in [5.41, 5.74) is 0.559. The summed E-state index contributed by atoms with van der Waals surface area (Å²) >= 11 is 10.9. The first kappa shape index (κ1) is 15.8. The first-order valence-electron chi connectivity index (χ1n) is 5.57. The van der Waals surface area contributed by atoms with Crippen molar-refractivity contribution in [2.75, 3.05) is 24.7 Å². The predicted molar refractivity (Wildman–Crippen MR) is 80.5 cm³/mol. The highest BCUT2D eigenvalue weighted by atomic mass is 79.9. The fourth-order valence-electron chi connectivity index (χ4n) is 1.24. The molecule has 0 bridgehead atoms. The van der Waals surface area contributed by atoms with E-state index < -0.39 is 0 Å². The maximum atomic E-state index is 11.8. The van der Waals surface area contributed by atoms with Gasteiger partial charge in [0.15, 0.2) is 0 Å². The van der Waals surface area contributed by atoms with Crippen LogP contribution < -0.4 is 5.32 Å². The molecular weight excluding hydrogens is 338 g/mol. The Balaban J connectivity index is 2.30. The topological polar surface area (TPSA) is 49.3 Å². The lowest BCUT2D eigenvalue weighted by atomic mass is 10.2. The van der Waals surface area contributed by atoms with Gasteiger partial charge in [-0.05, 0) is 46.3 Å². The van der Waals surface area contributed by atoms with E-state index in [1.165, 1.54) is 0 Å². The highest BCUT2D eigenvalue weighted by Gasteiger charge is 2.06. The fraction of sp³-hybridized carbons (Fsp3) is 0.417. The second-order valence-corrected chi connectivity index (χ2v) is 6.06. The molecule has 0 unspecified atom stereocenters. The van der Waals surface area contributed by atoms with Crippen LogP contribution in [0.3, 0.4) is 0 Å². The molecule has 0 aliphatic rings. The number of aliphatic hydroxyl groups is 1. The minimum Gasteiger partial charge on any atom is -0.396 e. The molecule has 1 aromatic carbocycles. The Kier molecular flexibility index (Phi) is 7.74. The predicted octanol–water partition coefficient (Wildman–Crippen LogP) is 2.95. The molecule has 0 radical (unpaired) electrons. The first-order valence-corrected chi connectivity index (χ1v) is 7.89. The van der Waals surface area contributed by atoms with Gasteiger partial charge in [-0.25, -0.2) is 0 Å².